The number of para-hydroxylation sites is 1. The number of nitrogens with two attached hydrogens (primary N) is 1. The van der Waals surface area contributed by atoms with E-state index in [1.54, 1.807) is 12.1 Å². The molecule has 3 rings (SSSR count). The molecule has 28 heavy (non-hydrogen) atoms. The topological polar surface area (TPSA) is 133 Å². The first kappa shape index (κ1) is 19.6. The smallest absolute Gasteiger partial charge is 0.271 e. The molecule has 6 N–H and O–H groups in total. The average molecular weight is 400 g/mol. The van der Waals surface area contributed by atoms with Crippen molar-refractivity contribution in [3.05, 3.63) is 70.5 Å². The Morgan fingerprint density at radius 2 is 1.86 bits per heavy atom. The van der Waals surface area contributed by atoms with Crippen molar-refractivity contribution in [2.75, 3.05) is 18.5 Å². The van der Waals surface area contributed by atoms with E-state index in [0.29, 0.717) is 10.8 Å². The number of nitrogens with one attached hydrogen (secondary N) is 2. The van der Waals surface area contributed by atoms with Gasteiger partial charge in [0.05, 0.1) is 19.3 Å². The molecule has 0 aliphatic heterocycles. The van der Waals surface area contributed by atoms with Gasteiger partial charge in [0, 0.05) is 5.69 Å². The lowest BCUT2D eigenvalue weighted by molar-refractivity contribution is 0.102. The lowest BCUT2D eigenvalue weighted by Gasteiger charge is -2.09. The molecule has 0 bridgehead atoms. The molecule has 1 unspecified atom stereocenters. The predicted molar refractivity (Wildman–Crippen MR) is 110 cm³/mol. The van der Waals surface area contributed by atoms with Crippen molar-refractivity contribution in [3.63, 3.8) is 0 Å². The minimum Gasteiger partial charge on any atom is -0.457 e. The number of H-pyrrole nitrogens is 1. The number of anilines is 2. The van der Waals surface area contributed by atoms with E-state index in [-0.39, 0.29) is 23.5 Å². The molecule has 0 aliphatic rings. The summed E-state index contributed by atoms with van der Waals surface area (Å²) in [7, 11) is 0. The van der Waals surface area contributed by atoms with Crippen LogP contribution in [0.15, 0.2) is 64.4 Å². The Balaban J connectivity index is 1.73. The van der Waals surface area contributed by atoms with Crippen LogP contribution in [0.5, 0.6) is 11.5 Å². The molecule has 0 saturated carbocycles. The maximum Gasteiger partial charge on any atom is 0.271 e. The van der Waals surface area contributed by atoms with Gasteiger partial charge in [0.1, 0.15) is 27.9 Å². The molecule has 0 aliphatic carbocycles. The molecule has 8 nitrogen and oxygen atoms in total. The zero-order valence-corrected chi connectivity index (χ0v) is 15.6. The molecule has 1 atom stereocenters. The third-order valence-corrected chi connectivity index (χ3v) is 4.53. The third-order valence-electron chi connectivity index (χ3n) is 3.73. The van der Waals surface area contributed by atoms with Crippen LogP contribution in [0, 0.1) is 0 Å². The standard InChI is InChI=1S/C19H20N4O4S/c20-17(21-10-13(25)11-24)16-18(26)23-28-19(16)22-12-6-8-15(9-7-12)27-14-4-2-1-3-5-14/h1-9,13,22,24-25H,10-11H2,(H2,20,21)(H,23,26). The van der Waals surface area contributed by atoms with Gasteiger partial charge < -0.3 is 26.0 Å². The number of rotatable bonds is 8. The third kappa shape index (κ3) is 4.97. The van der Waals surface area contributed by atoms with Crippen LogP contribution in [-0.4, -0.2) is 39.7 Å². The molecule has 1 heterocycles. The highest BCUT2D eigenvalue weighted by Crippen LogP contribution is 2.26. The zero-order valence-electron chi connectivity index (χ0n) is 14.8. The summed E-state index contributed by atoms with van der Waals surface area (Å²) in [6, 6.07) is 16.7. The fraction of sp³-hybridized carbons (Fsp3) is 0.158. The van der Waals surface area contributed by atoms with Gasteiger partial charge >= 0.3 is 0 Å². The van der Waals surface area contributed by atoms with E-state index in [0.717, 1.165) is 23.0 Å². The number of hydrogen-bond donors (Lipinski definition) is 5. The monoisotopic (exact) mass is 400 g/mol. The highest BCUT2D eigenvalue weighted by atomic mass is 32.1. The largest absolute Gasteiger partial charge is 0.457 e. The molecule has 0 radical (unpaired) electrons. The molecule has 2 aromatic carbocycles. The Morgan fingerprint density at radius 1 is 1.18 bits per heavy atom. The van der Waals surface area contributed by atoms with Crippen molar-refractivity contribution in [2.45, 2.75) is 6.10 Å². The fourth-order valence-electron chi connectivity index (χ4n) is 2.33. The minimum atomic E-state index is -1.02. The number of benzene rings is 2. The predicted octanol–water partition coefficient (Wildman–Crippen LogP) is 2.03. The Morgan fingerprint density at radius 3 is 2.54 bits per heavy atom. The number of aliphatic hydroxyl groups is 2. The molecule has 1 aromatic heterocycles. The fourth-order valence-corrected chi connectivity index (χ4v) is 3.09. The molecule has 3 aromatic rings. The minimum absolute atomic E-state index is 0.0125. The van der Waals surface area contributed by atoms with E-state index in [1.165, 1.54) is 0 Å². The van der Waals surface area contributed by atoms with E-state index < -0.39 is 12.7 Å². The van der Waals surface area contributed by atoms with E-state index in [4.69, 9.17) is 15.6 Å². The Kier molecular flexibility index (Phi) is 6.43. The Bertz CT molecular complexity index is 983. The van der Waals surface area contributed by atoms with Gasteiger partial charge in [-0.2, -0.15) is 0 Å². The molecule has 9 heteroatoms. The number of aromatic amines is 1. The summed E-state index contributed by atoms with van der Waals surface area (Å²) in [6.07, 6.45) is -1.02. The van der Waals surface area contributed by atoms with Gasteiger partial charge in [-0.25, -0.2) is 0 Å². The number of hydrogen-bond acceptors (Lipinski definition) is 7. The summed E-state index contributed by atoms with van der Waals surface area (Å²) >= 11 is 1.09. The van der Waals surface area contributed by atoms with Gasteiger partial charge in [0.15, 0.2) is 0 Å². The van der Waals surface area contributed by atoms with Gasteiger partial charge in [0.2, 0.25) is 0 Å². The maximum atomic E-state index is 12.1. The Labute approximate surface area is 165 Å². The first-order valence-corrected chi connectivity index (χ1v) is 9.29. The van der Waals surface area contributed by atoms with Crippen LogP contribution < -0.4 is 21.3 Å². The van der Waals surface area contributed by atoms with E-state index in [1.807, 2.05) is 42.5 Å². The number of aliphatic imine (C=N–C) groups is 1. The van der Waals surface area contributed by atoms with Crippen molar-refractivity contribution >= 4 is 28.1 Å². The average Bonchev–Trinajstić information content (AvgIpc) is 3.08. The van der Waals surface area contributed by atoms with Crippen LogP contribution in [0.1, 0.15) is 5.56 Å². The summed E-state index contributed by atoms with van der Waals surface area (Å²) < 4.78 is 8.36. The number of nitrogens with zero attached hydrogens (tertiary/aromatic N) is 1. The second-order valence-electron chi connectivity index (χ2n) is 5.86. The summed E-state index contributed by atoms with van der Waals surface area (Å²) in [6.45, 7) is -0.526. The van der Waals surface area contributed by atoms with Crippen LogP contribution in [-0.2, 0) is 0 Å². The normalized spacial score (nSPS) is 12.6. The molecule has 0 fully saturated rings. The van der Waals surface area contributed by atoms with Crippen LogP contribution in [0.25, 0.3) is 0 Å². The van der Waals surface area contributed by atoms with Crippen molar-refractivity contribution in [2.24, 2.45) is 10.7 Å². The number of amidine groups is 1. The molecule has 0 spiro atoms. The lowest BCUT2D eigenvalue weighted by Crippen LogP contribution is -2.25. The van der Waals surface area contributed by atoms with Gasteiger partial charge in [-0.15, -0.1) is 0 Å². The maximum absolute atomic E-state index is 12.1. The van der Waals surface area contributed by atoms with Crippen molar-refractivity contribution < 1.29 is 14.9 Å². The van der Waals surface area contributed by atoms with Gasteiger partial charge in [0.25, 0.3) is 5.56 Å². The van der Waals surface area contributed by atoms with Crippen LogP contribution in [0.4, 0.5) is 10.7 Å². The zero-order chi connectivity index (χ0) is 19.9. The SMILES string of the molecule is NC(=NCC(O)CO)c1c(Nc2ccc(Oc3ccccc3)cc2)s[nH]c1=O. The second kappa shape index (κ2) is 9.18. The first-order valence-electron chi connectivity index (χ1n) is 8.47. The van der Waals surface area contributed by atoms with Crippen LogP contribution in [0.3, 0.4) is 0 Å². The molecular formula is C19H20N4O4S. The van der Waals surface area contributed by atoms with E-state index >= 15 is 0 Å². The quantitative estimate of drug-likeness (QED) is 0.290. The summed E-state index contributed by atoms with van der Waals surface area (Å²) in [5, 5.41) is 21.9. The van der Waals surface area contributed by atoms with E-state index in [9.17, 15) is 9.90 Å². The van der Waals surface area contributed by atoms with E-state index in [2.05, 4.69) is 14.7 Å². The summed E-state index contributed by atoms with van der Waals surface area (Å²) in [4.78, 5) is 16.0. The van der Waals surface area contributed by atoms with Crippen LogP contribution in [0.2, 0.25) is 0 Å². The second-order valence-corrected chi connectivity index (χ2v) is 6.68. The number of ether oxygens (including phenoxy) is 1. The van der Waals surface area contributed by atoms with Crippen LogP contribution >= 0.6 is 11.5 Å². The van der Waals surface area contributed by atoms with Gasteiger partial charge in [-0.3, -0.25) is 14.2 Å². The van der Waals surface area contributed by atoms with Crippen molar-refractivity contribution in [3.8, 4) is 11.5 Å². The number of aliphatic hydroxyl groups excluding tert-OH is 2. The molecule has 0 amide bonds. The number of aromatic nitrogens is 1. The summed E-state index contributed by atoms with van der Waals surface area (Å²) in [5.41, 5.74) is 6.44. The molecule has 146 valence electrons. The van der Waals surface area contributed by atoms with Crippen molar-refractivity contribution in [1.82, 2.24) is 4.37 Å². The van der Waals surface area contributed by atoms with Crippen molar-refractivity contribution in [1.29, 1.82) is 0 Å². The molecule has 0 saturated heterocycles. The Hall–Kier alpha value is -3.14. The highest BCUT2D eigenvalue weighted by Gasteiger charge is 2.15. The lowest BCUT2D eigenvalue weighted by atomic mass is 10.2. The van der Waals surface area contributed by atoms with Gasteiger partial charge in [-0.1, -0.05) is 18.2 Å². The highest BCUT2D eigenvalue weighted by molar-refractivity contribution is 7.10. The summed E-state index contributed by atoms with van der Waals surface area (Å²) in [5.74, 6) is 1.41. The van der Waals surface area contributed by atoms with Gasteiger partial charge in [-0.05, 0) is 47.9 Å². The first-order chi connectivity index (χ1) is 13.6. The molecular weight excluding hydrogens is 380 g/mol.